The number of hydrogen-bond donors (Lipinski definition) is 2. The van der Waals surface area contributed by atoms with Crippen LogP contribution in [-0.4, -0.2) is 19.7 Å². The van der Waals surface area contributed by atoms with Crippen LogP contribution in [0.1, 0.15) is 50.8 Å². The van der Waals surface area contributed by atoms with E-state index < -0.39 is 0 Å². The number of hydrogen-bond acceptors (Lipinski definition) is 3. The molecule has 0 saturated carbocycles. The van der Waals surface area contributed by atoms with Gasteiger partial charge < -0.3 is 15.8 Å². The van der Waals surface area contributed by atoms with Gasteiger partial charge in [-0.25, -0.2) is 0 Å². The number of nitrogens with one attached hydrogen (secondary N) is 1. The second kappa shape index (κ2) is 5.51. The molecular formula is C16H26N2O. The fourth-order valence-corrected chi connectivity index (χ4v) is 2.77. The van der Waals surface area contributed by atoms with Crippen LogP contribution in [0.5, 0.6) is 5.75 Å². The third kappa shape index (κ3) is 3.10. The molecule has 106 valence electrons. The molecule has 3 heteroatoms. The van der Waals surface area contributed by atoms with E-state index >= 15 is 0 Å². The minimum atomic E-state index is 0.0597. The monoisotopic (exact) mass is 262 g/mol. The Morgan fingerprint density at radius 2 is 2.11 bits per heavy atom. The van der Waals surface area contributed by atoms with Crippen LogP contribution in [0.25, 0.3) is 0 Å². The van der Waals surface area contributed by atoms with E-state index in [1.54, 1.807) is 7.11 Å². The Balaban J connectivity index is 2.31. The van der Waals surface area contributed by atoms with Crippen LogP contribution in [0.2, 0.25) is 0 Å². The maximum Gasteiger partial charge on any atom is 0.122 e. The van der Waals surface area contributed by atoms with Crippen LogP contribution < -0.4 is 15.8 Å². The number of benzene rings is 1. The van der Waals surface area contributed by atoms with Gasteiger partial charge in [-0.3, -0.25) is 0 Å². The fraction of sp³-hybridized carbons (Fsp3) is 0.625. The van der Waals surface area contributed by atoms with Gasteiger partial charge in [0.15, 0.2) is 0 Å². The number of rotatable bonds is 3. The second-order valence-electron chi connectivity index (χ2n) is 6.44. The standard InChI is InChI=1S/C16H26N2O/c1-16(2,3)12-10-11(7-8-14(12)19-4)15(17)13-6-5-9-18-13/h7-8,10,13,15,18H,5-6,9,17H2,1-4H3. The highest BCUT2D eigenvalue weighted by Gasteiger charge is 2.25. The summed E-state index contributed by atoms with van der Waals surface area (Å²) in [7, 11) is 1.72. The Kier molecular flexibility index (Phi) is 4.16. The largest absolute Gasteiger partial charge is 0.496 e. The molecule has 0 aromatic heterocycles. The second-order valence-corrected chi connectivity index (χ2v) is 6.44. The minimum Gasteiger partial charge on any atom is -0.496 e. The van der Waals surface area contributed by atoms with Crippen molar-refractivity contribution in [1.82, 2.24) is 5.32 Å². The third-order valence-corrected chi connectivity index (χ3v) is 3.95. The molecule has 3 N–H and O–H groups in total. The molecule has 1 fully saturated rings. The Hall–Kier alpha value is -1.06. The molecule has 2 unspecified atom stereocenters. The quantitative estimate of drug-likeness (QED) is 0.880. The van der Waals surface area contributed by atoms with Crippen molar-refractivity contribution >= 4 is 0 Å². The predicted octanol–water partition coefficient (Wildman–Crippen LogP) is 2.74. The molecule has 0 bridgehead atoms. The van der Waals surface area contributed by atoms with Crippen molar-refractivity contribution in [1.29, 1.82) is 0 Å². The van der Waals surface area contributed by atoms with Crippen molar-refractivity contribution in [3.8, 4) is 5.75 Å². The maximum absolute atomic E-state index is 6.40. The first-order chi connectivity index (χ1) is 8.93. The Morgan fingerprint density at radius 1 is 1.37 bits per heavy atom. The van der Waals surface area contributed by atoms with Gasteiger partial charge in [0.25, 0.3) is 0 Å². The van der Waals surface area contributed by atoms with Crippen LogP contribution in [0.15, 0.2) is 18.2 Å². The molecule has 1 aliphatic rings. The molecule has 0 spiro atoms. The smallest absolute Gasteiger partial charge is 0.122 e. The summed E-state index contributed by atoms with van der Waals surface area (Å²) in [5, 5.41) is 3.49. The molecular weight excluding hydrogens is 236 g/mol. The van der Waals surface area contributed by atoms with E-state index in [0.29, 0.717) is 6.04 Å². The van der Waals surface area contributed by atoms with Crippen molar-refractivity contribution in [3.05, 3.63) is 29.3 Å². The summed E-state index contributed by atoms with van der Waals surface area (Å²) >= 11 is 0. The molecule has 0 radical (unpaired) electrons. The Labute approximate surface area is 116 Å². The van der Waals surface area contributed by atoms with Crippen molar-refractivity contribution in [2.24, 2.45) is 5.73 Å². The van der Waals surface area contributed by atoms with E-state index in [1.165, 1.54) is 17.5 Å². The van der Waals surface area contributed by atoms with Gasteiger partial charge in [0.2, 0.25) is 0 Å². The third-order valence-electron chi connectivity index (χ3n) is 3.95. The lowest BCUT2D eigenvalue weighted by Crippen LogP contribution is -2.34. The van der Waals surface area contributed by atoms with Gasteiger partial charge in [-0.05, 0) is 48.1 Å². The van der Waals surface area contributed by atoms with Crippen molar-refractivity contribution < 1.29 is 4.74 Å². The summed E-state index contributed by atoms with van der Waals surface area (Å²) in [5.74, 6) is 0.947. The zero-order valence-electron chi connectivity index (χ0n) is 12.5. The normalized spacial score (nSPS) is 21.4. The molecule has 1 aliphatic heterocycles. The predicted molar refractivity (Wildman–Crippen MR) is 79.6 cm³/mol. The highest BCUT2D eigenvalue weighted by atomic mass is 16.5. The molecule has 1 saturated heterocycles. The van der Waals surface area contributed by atoms with Gasteiger partial charge in [-0.15, -0.1) is 0 Å². The van der Waals surface area contributed by atoms with E-state index in [4.69, 9.17) is 10.5 Å². The van der Waals surface area contributed by atoms with Gasteiger partial charge in [0.05, 0.1) is 7.11 Å². The van der Waals surface area contributed by atoms with Crippen molar-refractivity contribution in [3.63, 3.8) is 0 Å². The van der Waals surface area contributed by atoms with Crippen LogP contribution in [-0.2, 0) is 5.41 Å². The zero-order chi connectivity index (χ0) is 14.0. The van der Waals surface area contributed by atoms with Gasteiger partial charge >= 0.3 is 0 Å². The number of nitrogens with two attached hydrogens (primary N) is 1. The summed E-state index contributed by atoms with van der Waals surface area (Å²) in [6.07, 6.45) is 2.39. The van der Waals surface area contributed by atoms with Crippen molar-refractivity contribution in [2.75, 3.05) is 13.7 Å². The zero-order valence-corrected chi connectivity index (χ0v) is 12.5. The molecule has 1 aromatic carbocycles. The van der Waals surface area contributed by atoms with Gasteiger partial charge in [0, 0.05) is 12.1 Å². The van der Waals surface area contributed by atoms with E-state index in [-0.39, 0.29) is 11.5 Å². The van der Waals surface area contributed by atoms with E-state index in [2.05, 4.69) is 38.2 Å². The lowest BCUT2D eigenvalue weighted by atomic mass is 9.84. The fourth-order valence-electron chi connectivity index (χ4n) is 2.77. The van der Waals surface area contributed by atoms with E-state index in [9.17, 15) is 0 Å². The molecule has 0 amide bonds. The SMILES string of the molecule is COc1ccc(C(N)C2CCCN2)cc1C(C)(C)C. The van der Waals surface area contributed by atoms with Gasteiger partial charge in [0.1, 0.15) is 5.75 Å². The average Bonchev–Trinajstić information content (AvgIpc) is 2.90. The van der Waals surface area contributed by atoms with Crippen molar-refractivity contribution in [2.45, 2.75) is 51.1 Å². The molecule has 1 aromatic rings. The Morgan fingerprint density at radius 3 is 2.63 bits per heavy atom. The number of methoxy groups -OCH3 is 1. The summed E-state index contributed by atoms with van der Waals surface area (Å²) < 4.78 is 5.48. The maximum atomic E-state index is 6.40. The number of ether oxygens (including phenoxy) is 1. The molecule has 0 aliphatic carbocycles. The van der Waals surface area contributed by atoms with Crippen LogP contribution in [0, 0.1) is 0 Å². The highest BCUT2D eigenvalue weighted by molar-refractivity contribution is 5.42. The average molecular weight is 262 g/mol. The van der Waals surface area contributed by atoms with Crippen LogP contribution in [0.4, 0.5) is 0 Å². The lowest BCUT2D eigenvalue weighted by Gasteiger charge is -2.26. The first-order valence-electron chi connectivity index (χ1n) is 7.11. The van der Waals surface area contributed by atoms with E-state index in [0.717, 1.165) is 18.7 Å². The summed E-state index contributed by atoms with van der Waals surface area (Å²) in [4.78, 5) is 0. The van der Waals surface area contributed by atoms with Gasteiger partial charge in [-0.2, -0.15) is 0 Å². The van der Waals surface area contributed by atoms with Crippen LogP contribution in [0.3, 0.4) is 0 Å². The topological polar surface area (TPSA) is 47.3 Å². The Bertz CT molecular complexity index is 431. The first-order valence-corrected chi connectivity index (χ1v) is 7.11. The molecule has 2 rings (SSSR count). The van der Waals surface area contributed by atoms with E-state index in [1.807, 2.05) is 6.07 Å². The molecule has 1 heterocycles. The molecule has 3 nitrogen and oxygen atoms in total. The minimum absolute atomic E-state index is 0.0597. The highest BCUT2D eigenvalue weighted by Crippen LogP contribution is 2.34. The summed E-state index contributed by atoms with van der Waals surface area (Å²) in [6, 6.07) is 6.82. The van der Waals surface area contributed by atoms with Crippen LogP contribution >= 0.6 is 0 Å². The lowest BCUT2D eigenvalue weighted by molar-refractivity contribution is 0.396. The summed E-state index contributed by atoms with van der Waals surface area (Å²) in [6.45, 7) is 7.69. The molecule has 2 atom stereocenters. The van der Waals surface area contributed by atoms with Gasteiger partial charge in [-0.1, -0.05) is 26.8 Å². The summed E-state index contributed by atoms with van der Waals surface area (Å²) in [5.41, 5.74) is 8.88. The first kappa shape index (κ1) is 14.4. The molecule has 19 heavy (non-hydrogen) atoms.